The van der Waals surface area contributed by atoms with Crippen LogP contribution in [-0.4, -0.2) is 28.1 Å². The van der Waals surface area contributed by atoms with Crippen molar-refractivity contribution in [3.05, 3.63) is 11.9 Å². The Morgan fingerprint density at radius 3 is 2.90 bits per heavy atom. The third-order valence-corrected chi connectivity index (χ3v) is 0.997. The first-order chi connectivity index (χ1) is 4.74. The molecule has 1 aromatic heterocycles. The van der Waals surface area contributed by atoms with Gasteiger partial charge in [0.15, 0.2) is 5.69 Å². The highest BCUT2D eigenvalue weighted by Gasteiger charge is 2.07. The van der Waals surface area contributed by atoms with Crippen molar-refractivity contribution in [3.8, 4) is 0 Å². The highest BCUT2D eigenvalue weighted by atomic mass is 16.5. The molecule has 0 spiro atoms. The predicted octanol–water partition coefficient (Wildman–Crippen LogP) is -0.398. The van der Waals surface area contributed by atoms with Gasteiger partial charge in [-0.25, -0.2) is 4.79 Å². The molecule has 0 aliphatic heterocycles. The molecule has 0 unspecified atom stereocenters. The maximum Gasteiger partial charge on any atom is 0.360 e. The molecule has 0 aliphatic carbocycles. The van der Waals surface area contributed by atoms with E-state index in [-0.39, 0.29) is 5.69 Å². The largest absolute Gasteiger partial charge is 0.464 e. The van der Waals surface area contributed by atoms with Crippen LogP contribution in [0.25, 0.3) is 0 Å². The van der Waals surface area contributed by atoms with Crippen LogP contribution in [0, 0.1) is 0 Å². The molecule has 5 heteroatoms. The maximum absolute atomic E-state index is 10.7. The second-order valence-corrected chi connectivity index (χ2v) is 1.77. The van der Waals surface area contributed by atoms with Gasteiger partial charge in [0.05, 0.1) is 13.3 Å². The molecule has 0 radical (unpaired) electrons. The molecule has 0 bridgehead atoms. The minimum Gasteiger partial charge on any atom is -0.464 e. The zero-order valence-electron chi connectivity index (χ0n) is 5.74. The Balaban J connectivity index is 2.85. The van der Waals surface area contributed by atoms with Gasteiger partial charge in [-0.1, -0.05) is 5.21 Å². The summed E-state index contributed by atoms with van der Waals surface area (Å²) in [4.78, 5) is 10.7. The van der Waals surface area contributed by atoms with E-state index in [4.69, 9.17) is 0 Å². The number of ether oxygens (including phenoxy) is 1. The molecular formula is C5H7N3O2. The summed E-state index contributed by atoms with van der Waals surface area (Å²) in [7, 11) is 2.98. The lowest BCUT2D eigenvalue weighted by Crippen LogP contribution is -2.00. The summed E-state index contributed by atoms with van der Waals surface area (Å²) >= 11 is 0. The molecule has 0 fully saturated rings. The zero-order valence-corrected chi connectivity index (χ0v) is 5.74. The van der Waals surface area contributed by atoms with Gasteiger partial charge in [0.2, 0.25) is 0 Å². The van der Waals surface area contributed by atoms with Crippen LogP contribution in [0.15, 0.2) is 6.20 Å². The summed E-state index contributed by atoms with van der Waals surface area (Å²) in [5.74, 6) is -0.465. The Morgan fingerprint density at radius 2 is 2.50 bits per heavy atom. The Labute approximate surface area is 57.6 Å². The number of carbonyl (C=O) groups is 1. The third kappa shape index (κ3) is 1.12. The Morgan fingerprint density at radius 1 is 1.80 bits per heavy atom. The number of nitrogens with zero attached hydrogens (tertiary/aromatic N) is 3. The van der Waals surface area contributed by atoms with Crippen LogP contribution < -0.4 is 0 Å². The van der Waals surface area contributed by atoms with Crippen LogP contribution >= 0.6 is 0 Å². The molecule has 10 heavy (non-hydrogen) atoms. The monoisotopic (exact) mass is 141 g/mol. The van der Waals surface area contributed by atoms with Gasteiger partial charge in [0.1, 0.15) is 0 Å². The summed E-state index contributed by atoms with van der Waals surface area (Å²) in [6.45, 7) is 0. The first-order valence-corrected chi connectivity index (χ1v) is 2.68. The van der Waals surface area contributed by atoms with Crippen LogP contribution in [0.4, 0.5) is 0 Å². The molecule has 54 valence electrons. The number of rotatable bonds is 1. The molecule has 0 saturated carbocycles. The van der Waals surface area contributed by atoms with Gasteiger partial charge in [-0.2, -0.15) is 0 Å². The maximum atomic E-state index is 10.7. The summed E-state index contributed by atoms with van der Waals surface area (Å²) in [5, 5.41) is 7.08. The van der Waals surface area contributed by atoms with Gasteiger partial charge in [-0.15, -0.1) is 5.10 Å². The minimum atomic E-state index is -0.465. The second kappa shape index (κ2) is 2.47. The lowest BCUT2D eigenvalue weighted by molar-refractivity contribution is 0.0594. The van der Waals surface area contributed by atoms with Crippen molar-refractivity contribution in [2.75, 3.05) is 7.11 Å². The first-order valence-electron chi connectivity index (χ1n) is 2.68. The molecule has 0 saturated heterocycles. The Kier molecular flexibility index (Phi) is 1.66. The Bertz CT molecular complexity index is 243. The minimum absolute atomic E-state index is 0.227. The van der Waals surface area contributed by atoms with Crippen molar-refractivity contribution in [1.82, 2.24) is 15.0 Å². The topological polar surface area (TPSA) is 57.0 Å². The molecule has 5 nitrogen and oxygen atoms in total. The number of aromatic nitrogens is 3. The molecule has 0 amide bonds. The predicted molar refractivity (Wildman–Crippen MR) is 32.3 cm³/mol. The molecule has 0 aromatic carbocycles. The highest BCUT2D eigenvalue weighted by Crippen LogP contribution is 1.92. The normalized spacial score (nSPS) is 9.40. The fourth-order valence-electron chi connectivity index (χ4n) is 0.545. The van der Waals surface area contributed by atoms with Crippen molar-refractivity contribution in [1.29, 1.82) is 0 Å². The molecule has 0 aliphatic rings. The first kappa shape index (κ1) is 6.73. The highest BCUT2D eigenvalue weighted by molar-refractivity contribution is 5.86. The second-order valence-electron chi connectivity index (χ2n) is 1.77. The van der Waals surface area contributed by atoms with Crippen molar-refractivity contribution in [2.24, 2.45) is 7.05 Å². The summed E-state index contributed by atoms with van der Waals surface area (Å²) in [6.07, 6.45) is 1.49. The van der Waals surface area contributed by atoms with Gasteiger partial charge in [0, 0.05) is 7.05 Å². The number of hydrogen-bond acceptors (Lipinski definition) is 4. The van der Waals surface area contributed by atoms with Crippen molar-refractivity contribution in [3.63, 3.8) is 0 Å². The Hall–Kier alpha value is -1.39. The molecular weight excluding hydrogens is 134 g/mol. The van der Waals surface area contributed by atoms with Crippen molar-refractivity contribution in [2.45, 2.75) is 0 Å². The fraction of sp³-hybridized carbons (Fsp3) is 0.400. The van der Waals surface area contributed by atoms with E-state index in [1.165, 1.54) is 18.0 Å². The van der Waals surface area contributed by atoms with E-state index < -0.39 is 5.97 Å². The number of esters is 1. The number of carbonyl (C=O) groups excluding carboxylic acids is 1. The SMILES string of the molecule is COC(=O)c1cn(C)nn1. The van der Waals surface area contributed by atoms with Crippen LogP contribution in [-0.2, 0) is 11.8 Å². The van der Waals surface area contributed by atoms with Gasteiger partial charge >= 0.3 is 5.97 Å². The van der Waals surface area contributed by atoms with E-state index in [0.29, 0.717) is 0 Å². The van der Waals surface area contributed by atoms with E-state index in [0.717, 1.165) is 0 Å². The average molecular weight is 141 g/mol. The van der Waals surface area contributed by atoms with Gasteiger partial charge in [0.25, 0.3) is 0 Å². The third-order valence-electron chi connectivity index (χ3n) is 0.997. The summed E-state index contributed by atoms with van der Waals surface area (Å²) < 4.78 is 5.83. The zero-order chi connectivity index (χ0) is 7.56. The molecule has 0 atom stereocenters. The van der Waals surface area contributed by atoms with Gasteiger partial charge in [-0.3, -0.25) is 4.68 Å². The van der Waals surface area contributed by atoms with E-state index in [9.17, 15) is 4.79 Å². The van der Waals surface area contributed by atoms with E-state index in [1.807, 2.05) is 0 Å². The lowest BCUT2D eigenvalue weighted by atomic mass is 10.5. The average Bonchev–Trinajstić information content (AvgIpc) is 2.34. The van der Waals surface area contributed by atoms with Crippen LogP contribution in [0.2, 0.25) is 0 Å². The van der Waals surface area contributed by atoms with Gasteiger partial charge in [-0.05, 0) is 0 Å². The molecule has 0 N–H and O–H groups in total. The molecule has 1 heterocycles. The lowest BCUT2D eigenvalue weighted by Gasteiger charge is -1.88. The summed E-state index contributed by atoms with van der Waals surface area (Å²) in [5.41, 5.74) is 0.227. The molecule has 1 rings (SSSR count). The van der Waals surface area contributed by atoms with E-state index in [1.54, 1.807) is 7.05 Å². The number of aryl methyl sites for hydroxylation is 1. The van der Waals surface area contributed by atoms with E-state index in [2.05, 4.69) is 15.0 Å². The smallest absolute Gasteiger partial charge is 0.360 e. The molecule has 1 aromatic rings. The summed E-state index contributed by atoms with van der Waals surface area (Å²) in [6, 6.07) is 0. The van der Waals surface area contributed by atoms with Crippen molar-refractivity contribution < 1.29 is 9.53 Å². The standard InChI is InChI=1S/C5H7N3O2/c1-8-3-4(6-7-8)5(9)10-2/h3H,1-2H3. The van der Waals surface area contributed by atoms with Crippen LogP contribution in [0.5, 0.6) is 0 Å². The van der Waals surface area contributed by atoms with Crippen molar-refractivity contribution >= 4 is 5.97 Å². The number of methoxy groups -OCH3 is 1. The fourth-order valence-corrected chi connectivity index (χ4v) is 0.545. The quantitative estimate of drug-likeness (QED) is 0.499. The number of hydrogen-bond donors (Lipinski definition) is 0. The van der Waals surface area contributed by atoms with Crippen LogP contribution in [0.3, 0.4) is 0 Å². The van der Waals surface area contributed by atoms with Gasteiger partial charge < -0.3 is 4.74 Å². The van der Waals surface area contributed by atoms with Crippen LogP contribution in [0.1, 0.15) is 10.5 Å². The van der Waals surface area contributed by atoms with E-state index >= 15 is 0 Å².